The average Bonchev–Trinajstić information content (AvgIpc) is 2.55. The summed E-state index contributed by atoms with van der Waals surface area (Å²) in [6.07, 6.45) is 1.54. The molecule has 0 aliphatic rings. The van der Waals surface area contributed by atoms with Crippen LogP contribution >= 0.6 is 0 Å². The topological polar surface area (TPSA) is 130 Å². The fourth-order valence-corrected chi connectivity index (χ4v) is 2.92. The van der Waals surface area contributed by atoms with E-state index in [0.717, 1.165) is 6.42 Å². The van der Waals surface area contributed by atoms with Gasteiger partial charge in [-0.25, -0.2) is 13.1 Å². The van der Waals surface area contributed by atoms with Crippen molar-refractivity contribution in [2.45, 2.75) is 24.7 Å². The summed E-state index contributed by atoms with van der Waals surface area (Å²) < 4.78 is 27.1. The first-order chi connectivity index (χ1) is 11.0. The van der Waals surface area contributed by atoms with Crippen molar-refractivity contribution in [3.63, 3.8) is 0 Å². The Morgan fingerprint density at radius 2 is 1.78 bits per heavy atom. The molecule has 1 aromatic carbocycles. The zero-order chi connectivity index (χ0) is 17.3. The van der Waals surface area contributed by atoms with Crippen LogP contribution < -0.4 is 10.0 Å². The Balaban J connectivity index is 3.23. The highest BCUT2D eigenvalue weighted by Crippen LogP contribution is 2.22. The highest BCUT2D eigenvalue weighted by Gasteiger charge is 2.19. The third-order valence-electron chi connectivity index (χ3n) is 2.84. The molecule has 2 N–H and O–H groups in total. The predicted molar refractivity (Wildman–Crippen MR) is 84.0 cm³/mol. The summed E-state index contributed by atoms with van der Waals surface area (Å²) in [7, 11) is -3.77. The zero-order valence-corrected chi connectivity index (χ0v) is 13.3. The van der Waals surface area contributed by atoms with E-state index in [0.29, 0.717) is 13.0 Å². The van der Waals surface area contributed by atoms with E-state index in [-0.39, 0.29) is 16.3 Å². The molecule has 0 saturated carbocycles. The van der Waals surface area contributed by atoms with Crippen LogP contribution in [0.15, 0.2) is 40.4 Å². The number of nitrogens with one attached hydrogen (secondary N) is 2. The number of sulfonamides is 1. The molecule has 0 unspecified atom stereocenters. The van der Waals surface area contributed by atoms with Crippen molar-refractivity contribution in [1.29, 1.82) is 15.8 Å². The van der Waals surface area contributed by atoms with E-state index in [1.165, 1.54) is 12.1 Å². The third-order valence-corrected chi connectivity index (χ3v) is 4.36. The quantitative estimate of drug-likeness (QED) is 0.581. The van der Waals surface area contributed by atoms with E-state index in [9.17, 15) is 8.42 Å². The van der Waals surface area contributed by atoms with Gasteiger partial charge in [-0.3, -0.25) is 0 Å². The van der Waals surface area contributed by atoms with Crippen LogP contribution in [-0.2, 0) is 10.0 Å². The second-order valence-corrected chi connectivity index (χ2v) is 6.19. The predicted octanol–water partition coefficient (Wildman–Crippen LogP) is 2.00. The summed E-state index contributed by atoms with van der Waals surface area (Å²) in [5.74, 6) is 0. The molecule has 0 fully saturated rings. The van der Waals surface area contributed by atoms with E-state index in [2.05, 4.69) is 10.0 Å². The molecule has 0 spiro atoms. The summed E-state index contributed by atoms with van der Waals surface area (Å²) >= 11 is 0. The Morgan fingerprint density at radius 3 is 2.35 bits per heavy atom. The van der Waals surface area contributed by atoms with Gasteiger partial charge in [0.15, 0.2) is 5.57 Å². The molecule has 7 nitrogen and oxygen atoms in total. The third kappa shape index (κ3) is 4.82. The van der Waals surface area contributed by atoms with Crippen LogP contribution in [0.5, 0.6) is 0 Å². The second-order valence-electron chi connectivity index (χ2n) is 4.46. The molecule has 118 valence electrons. The van der Waals surface area contributed by atoms with Crippen LogP contribution in [0.3, 0.4) is 0 Å². The molecule has 8 heteroatoms. The van der Waals surface area contributed by atoms with Gasteiger partial charge < -0.3 is 5.32 Å². The van der Waals surface area contributed by atoms with Gasteiger partial charge in [0.1, 0.15) is 28.8 Å². The molecule has 23 heavy (non-hydrogen) atoms. The number of anilines is 1. The molecule has 0 radical (unpaired) electrons. The number of hydrogen-bond donors (Lipinski definition) is 2. The molecule has 1 rings (SSSR count). The summed E-state index contributed by atoms with van der Waals surface area (Å²) in [4.78, 5) is -0.0564. The molecule has 0 atom stereocenters. The summed E-state index contributed by atoms with van der Waals surface area (Å²) in [5, 5.41) is 29.3. The molecular weight excluding hydrogens is 314 g/mol. The molecule has 0 aliphatic heterocycles. The van der Waals surface area contributed by atoms with E-state index in [1.807, 2.05) is 6.92 Å². The normalized spacial score (nSPS) is 10.0. The molecule has 0 heterocycles. The van der Waals surface area contributed by atoms with E-state index < -0.39 is 15.6 Å². The van der Waals surface area contributed by atoms with Crippen LogP contribution in [-0.4, -0.2) is 15.0 Å². The standard InChI is InChI=1S/C15H15N5O2S/c1-2-3-8-19-23(21,22)15-7-5-4-6-13(15)20-14(11-18)12(9-16)10-17/h4-7,19-20H,2-3,8H2,1H3. The lowest BCUT2D eigenvalue weighted by atomic mass is 10.2. The molecule has 0 aromatic heterocycles. The molecule has 0 amide bonds. The number of benzene rings is 1. The largest absolute Gasteiger partial charge is 0.344 e. The van der Waals surface area contributed by atoms with Crippen molar-refractivity contribution in [1.82, 2.24) is 4.72 Å². The smallest absolute Gasteiger partial charge is 0.242 e. The highest BCUT2D eigenvalue weighted by molar-refractivity contribution is 7.89. The van der Waals surface area contributed by atoms with Gasteiger partial charge in [0.05, 0.1) is 5.69 Å². The Labute approximate surface area is 135 Å². The lowest BCUT2D eigenvalue weighted by Gasteiger charge is -2.12. The minimum atomic E-state index is -3.77. The van der Waals surface area contributed by atoms with Crippen molar-refractivity contribution in [3.8, 4) is 18.2 Å². The Morgan fingerprint density at radius 1 is 1.13 bits per heavy atom. The highest BCUT2D eigenvalue weighted by atomic mass is 32.2. The molecule has 0 saturated heterocycles. The number of allylic oxidation sites excluding steroid dienone is 2. The second kappa shape index (κ2) is 8.55. The molecule has 0 bridgehead atoms. The van der Waals surface area contributed by atoms with Gasteiger partial charge in [0, 0.05) is 6.54 Å². The SMILES string of the molecule is CCCCNS(=O)(=O)c1ccccc1NC(C#N)=C(C#N)C#N. The van der Waals surface area contributed by atoms with Gasteiger partial charge >= 0.3 is 0 Å². The van der Waals surface area contributed by atoms with Crippen LogP contribution in [0.1, 0.15) is 19.8 Å². The van der Waals surface area contributed by atoms with Crippen molar-refractivity contribution < 1.29 is 8.42 Å². The number of nitrogens with zero attached hydrogens (tertiary/aromatic N) is 3. The number of nitriles is 3. The maximum atomic E-state index is 12.3. The van der Waals surface area contributed by atoms with E-state index in [1.54, 1.807) is 30.3 Å². The maximum Gasteiger partial charge on any atom is 0.242 e. The Kier molecular flexibility index (Phi) is 6.76. The van der Waals surface area contributed by atoms with E-state index in [4.69, 9.17) is 15.8 Å². The average molecular weight is 329 g/mol. The van der Waals surface area contributed by atoms with Crippen molar-refractivity contribution in [3.05, 3.63) is 35.5 Å². The minimum Gasteiger partial charge on any atom is -0.344 e. The maximum absolute atomic E-state index is 12.3. The molecule has 0 aliphatic carbocycles. The number of unbranched alkanes of at least 4 members (excludes halogenated alkanes) is 1. The van der Waals surface area contributed by atoms with Gasteiger partial charge in [0.25, 0.3) is 0 Å². The van der Waals surface area contributed by atoms with Crippen LogP contribution in [0, 0.1) is 34.0 Å². The van der Waals surface area contributed by atoms with Crippen molar-refractivity contribution in [2.24, 2.45) is 0 Å². The van der Waals surface area contributed by atoms with Crippen LogP contribution in [0.4, 0.5) is 5.69 Å². The van der Waals surface area contributed by atoms with Crippen LogP contribution in [0.25, 0.3) is 0 Å². The van der Waals surface area contributed by atoms with Crippen molar-refractivity contribution >= 4 is 15.7 Å². The molecule has 1 aromatic rings. The first-order valence-electron chi connectivity index (χ1n) is 6.80. The lowest BCUT2D eigenvalue weighted by Crippen LogP contribution is -2.25. The fraction of sp³-hybridized carbons (Fsp3) is 0.267. The van der Waals surface area contributed by atoms with Gasteiger partial charge in [0.2, 0.25) is 10.0 Å². The van der Waals surface area contributed by atoms with Crippen molar-refractivity contribution in [2.75, 3.05) is 11.9 Å². The number of rotatable bonds is 7. The number of para-hydroxylation sites is 1. The Hall–Kier alpha value is -2.86. The van der Waals surface area contributed by atoms with Gasteiger partial charge in [-0.1, -0.05) is 25.5 Å². The minimum absolute atomic E-state index is 0.0564. The van der Waals surface area contributed by atoms with Gasteiger partial charge in [-0.05, 0) is 18.6 Å². The van der Waals surface area contributed by atoms with Crippen LogP contribution in [0.2, 0.25) is 0 Å². The summed E-state index contributed by atoms with van der Waals surface area (Å²) in [6, 6.07) is 10.8. The monoisotopic (exact) mass is 329 g/mol. The summed E-state index contributed by atoms with van der Waals surface area (Å²) in [5.41, 5.74) is -0.596. The summed E-state index contributed by atoms with van der Waals surface area (Å²) in [6.45, 7) is 2.24. The first kappa shape index (κ1) is 18.2. The van der Waals surface area contributed by atoms with E-state index >= 15 is 0 Å². The molecular formula is C15H15N5O2S. The van der Waals surface area contributed by atoms with Gasteiger partial charge in [-0.15, -0.1) is 0 Å². The first-order valence-corrected chi connectivity index (χ1v) is 8.28. The lowest BCUT2D eigenvalue weighted by molar-refractivity contribution is 0.578. The fourth-order valence-electron chi connectivity index (χ4n) is 1.68. The Bertz CT molecular complexity index is 807. The van der Waals surface area contributed by atoms with Gasteiger partial charge in [-0.2, -0.15) is 15.8 Å². The zero-order valence-electron chi connectivity index (χ0n) is 12.5. The number of hydrogen-bond acceptors (Lipinski definition) is 6.